The van der Waals surface area contributed by atoms with Gasteiger partial charge in [0, 0.05) is 31.7 Å². The fourth-order valence-electron chi connectivity index (χ4n) is 2.34. The third kappa shape index (κ3) is 3.98. The average Bonchev–Trinajstić information content (AvgIpc) is 2.66. The van der Waals surface area contributed by atoms with Gasteiger partial charge in [-0.1, -0.05) is 0 Å². The second-order valence-corrected chi connectivity index (χ2v) is 4.94. The maximum absolute atomic E-state index is 13.2. The van der Waals surface area contributed by atoms with Gasteiger partial charge in [0.05, 0.1) is 6.54 Å². The molecule has 21 heavy (non-hydrogen) atoms. The average molecular weight is 298 g/mol. The zero-order chi connectivity index (χ0) is 15.4. The highest BCUT2D eigenvalue weighted by Crippen LogP contribution is 2.13. The van der Waals surface area contributed by atoms with Crippen molar-refractivity contribution in [2.45, 2.75) is 6.42 Å². The van der Waals surface area contributed by atoms with Crippen LogP contribution in [0.3, 0.4) is 0 Å². The van der Waals surface area contributed by atoms with Crippen LogP contribution in [0.25, 0.3) is 0 Å². The van der Waals surface area contributed by atoms with E-state index in [0.29, 0.717) is 32.6 Å². The number of carboxylic acid groups (broad SMARTS) is 1. The summed E-state index contributed by atoms with van der Waals surface area (Å²) >= 11 is 0. The molecule has 0 radical (unpaired) electrons. The van der Waals surface area contributed by atoms with Crippen LogP contribution in [0, 0.1) is 11.6 Å². The number of hydrogen-bond donors (Lipinski definition) is 1. The molecule has 1 amide bonds. The van der Waals surface area contributed by atoms with Crippen LogP contribution in [0.5, 0.6) is 0 Å². The third-order valence-corrected chi connectivity index (χ3v) is 3.40. The Bertz CT molecular complexity index is 551. The van der Waals surface area contributed by atoms with Gasteiger partial charge in [0.15, 0.2) is 11.6 Å². The number of carbonyl (C=O) groups excluding carboxylic acids is 1. The zero-order valence-electron chi connectivity index (χ0n) is 11.4. The number of rotatable bonds is 3. The molecule has 0 atom stereocenters. The van der Waals surface area contributed by atoms with Crippen molar-refractivity contribution in [1.82, 2.24) is 9.80 Å². The molecule has 0 saturated carbocycles. The molecule has 1 heterocycles. The molecular weight excluding hydrogens is 282 g/mol. The zero-order valence-corrected chi connectivity index (χ0v) is 11.4. The van der Waals surface area contributed by atoms with Crippen molar-refractivity contribution in [3.05, 3.63) is 35.4 Å². The Balaban J connectivity index is 2.02. The number of carbonyl (C=O) groups is 2. The second-order valence-electron chi connectivity index (χ2n) is 4.94. The summed E-state index contributed by atoms with van der Waals surface area (Å²) in [6.45, 7) is 1.81. The highest BCUT2D eigenvalue weighted by molar-refractivity contribution is 5.94. The molecule has 0 unspecified atom stereocenters. The van der Waals surface area contributed by atoms with Crippen molar-refractivity contribution in [2.75, 3.05) is 32.7 Å². The summed E-state index contributed by atoms with van der Waals surface area (Å²) < 4.78 is 26.1. The molecule has 1 saturated heterocycles. The van der Waals surface area contributed by atoms with Crippen molar-refractivity contribution < 1.29 is 23.5 Å². The molecule has 0 spiro atoms. The first-order valence-corrected chi connectivity index (χ1v) is 6.66. The lowest BCUT2D eigenvalue weighted by Gasteiger charge is -2.21. The van der Waals surface area contributed by atoms with E-state index in [-0.39, 0.29) is 18.0 Å². The number of amides is 1. The van der Waals surface area contributed by atoms with E-state index in [1.54, 1.807) is 4.90 Å². The monoisotopic (exact) mass is 298 g/mol. The fraction of sp³-hybridized carbons (Fsp3) is 0.429. The minimum absolute atomic E-state index is 0.0623. The maximum atomic E-state index is 13.2. The summed E-state index contributed by atoms with van der Waals surface area (Å²) in [7, 11) is 0. The first-order chi connectivity index (χ1) is 9.97. The Kier molecular flexibility index (Phi) is 4.85. The minimum Gasteiger partial charge on any atom is -0.480 e. The summed E-state index contributed by atoms with van der Waals surface area (Å²) in [5.41, 5.74) is 0.0978. The van der Waals surface area contributed by atoms with Gasteiger partial charge in [0.25, 0.3) is 5.91 Å². The van der Waals surface area contributed by atoms with Gasteiger partial charge in [-0.2, -0.15) is 0 Å². The van der Waals surface area contributed by atoms with Crippen LogP contribution in [0.1, 0.15) is 16.8 Å². The molecule has 1 aromatic rings. The molecule has 114 valence electrons. The predicted molar refractivity (Wildman–Crippen MR) is 71.0 cm³/mol. The molecule has 2 rings (SSSR count). The molecule has 0 bridgehead atoms. The van der Waals surface area contributed by atoms with Gasteiger partial charge in [-0.25, -0.2) is 8.78 Å². The molecule has 1 aliphatic heterocycles. The quantitative estimate of drug-likeness (QED) is 0.911. The molecule has 0 aliphatic carbocycles. The van der Waals surface area contributed by atoms with E-state index >= 15 is 0 Å². The number of halogens is 2. The first-order valence-electron chi connectivity index (χ1n) is 6.66. The van der Waals surface area contributed by atoms with E-state index in [1.807, 2.05) is 0 Å². The largest absolute Gasteiger partial charge is 0.480 e. The van der Waals surface area contributed by atoms with E-state index in [4.69, 9.17) is 5.11 Å². The van der Waals surface area contributed by atoms with Crippen LogP contribution in [-0.2, 0) is 4.79 Å². The molecule has 5 nitrogen and oxygen atoms in total. The third-order valence-electron chi connectivity index (χ3n) is 3.40. The summed E-state index contributed by atoms with van der Waals surface area (Å²) in [6.07, 6.45) is 0.642. The van der Waals surface area contributed by atoms with Crippen LogP contribution in [0.2, 0.25) is 0 Å². The Hall–Kier alpha value is -2.02. The van der Waals surface area contributed by atoms with Crippen molar-refractivity contribution >= 4 is 11.9 Å². The van der Waals surface area contributed by atoms with Gasteiger partial charge in [-0.15, -0.1) is 0 Å². The van der Waals surface area contributed by atoms with E-state index in [1.165, 1.54) is 11.0 Å². The highest BCUT2D eigenvalue weighted by Gasteiger charge is 2.22. The number of nitrogens with zero attached hydrogens (tertiary/aromatic N) is 2. The Morgan fingerprint density at radius 1 is 1.10 bits per heavy atom. The van der Waals surface area contributed by atoms with Crippen LogP contribution in [-0.4, -0.2) is 59.5 Å². The summed E-state index contributed by atoms with van der Waals surface area (Å²) in [5.74, 6) is -3.32. The number of benzene rings is 1. The number of carboxylic acids is 1. The van der Waals surface area contributed by atoms with Crippen molar-refractivity contribution in [3.8, 4) is 0 Å². The molecule has 1 aliphatic rings. The van der Waals surface area contributed by atoms with Gasteiger partial charge >= 0.3 is 5.97 Å². The fourth-order valence-corrected chi connectivity index (χ4v) is 2.34. The van der Waals surface area contributed by atoms with Crippen molar-refractivity contribution in [3.63, 3.8) is 0 Å². The molecule has 0 aromatic heterocycles. The summed E-state index contributed by atoms with van der Waals surface area (Å²) in [6, 6.07) is 3.06. The van der Waals surface area contributed by atoms with Crippen LogP contribution < -0.4 is 0 Å². The lowest BCUT2D eigenvalue weighted by molar-refractivity contribution is -0.138. The smallest absolute Gasteiger partial charge is 0.317 e. The Labute approximate surface area is 120 Å². The molecule has 1 N–H and O–H groups in total. The van der Waals surface area contributed by atoms with E-state index in [9.17, 15) is 18.4 Å². The molecule has 7 heteroatoms. The van der Waals surface area contributed by atoms with Crippen LogP contribution in [0.15, 0.2) is 18.2 Å². The van der Waals surface area contributed by atoms with Crippen molar-refractivity contribution in [2.24, 2.45) is 0 Å². The second kappa shape index (κ2) is 6.62. The van der Waals surface area contributed by atoms with E-state index < -0.39 is 17.6 Å². The molecule has 1 aromatic carbocycles. The summed E-state index contributed by atoms with van der Waals surface area (Å²) in [5, 5.41) is 8.77. The van der Waals surface area contributed by atoms with Gasteiger partial charge in [0.1, 0.15) is 0 Å². The van der Waals surface area contributed by atoms with Gasteiger partial charge < -0.3 is 10.0 Å². The summed E-state index contributed by atoms with van der Waals surface area (Å²) in [4.78, 5) is 26.2. The molecular formula is C14H16F2N2O3. The standard InChI is InChI=1S/C14H16F2N2O3/c15-11-3-2-10(8-12(11)16)14(21)18-5-1-4-17(6-7-18)9-13(19)20/h2-3,8H,1,4-7,9H2,(H,19,20). The lowest BCUT2D eigenvalue weighted by atomic mass is 10.2. The van der Waals surface area contributed by atoms with Crippen LogP contribution >= 0.6 is 0 Å². The Morgan fingerprint density at radius 3 is 2.52 bits per heavy atom. The minimum atomic E-state index is -1.05. The normalized spacial score (nSPS) is 16.6. The van der Waals surface area contributed by atoms with Crippen LogP contribution in [0.4, 0.5) is 8.78 Å². The Morgan fingerprint density at radius 2 is 1.86 bits per heavy atom. The topological polar surface area (TPSA) is 60.9 Å². The van der Waals surface area contributed by atoms with Gasteiger partial charge in [0.2, 0.25) is 0 Å². The first kappa shape index (κ1) is 15.4. The number of aliphatic carboxylic acids is 1. The van der Waals surface area contributed by atoms with Crippen molar-refractivity contribution in [1.29, 1.82) is 0 Å². The predicted octanol–water partition coefficient (Wildman–Crippen LogP) is 1.20. The maximum Gasteiger partial charge on any atom is 0.317 e. The molecule has 1 fully saturated rings. The SMILES string of the molecule is O=C(O)CN1CCCN(C(=O)c2ccc(F)c(F)c2)CC1. The number of hydrogen-bond acceptors (Lipinski definition) is 3. The van der Waals surface area contributed by atoms with E-state index in [0.717, 1.165) is 12.1 Å². The van der Waals surface area contributed by atoms with Gasteiger partial charge in [-0.3, -0.25) is 14.5 Å². The lowest BCUT2D eigenvalue weighted by Crippen LogP contribution is -2.36. The van der Waals surface area contributed by atoms with Gasteiger partial charge in [-0.05, 0) is 24.6 Å². The highest BCUT2D eigenvalue weighted by atomic mass is 19.2. The van der Waals surface area contributed by atoms with E-state index in [2.05, 4.69) is 0 Å².